The Labute approximate surface area is 146 Å². The van der Waals surface area contributed by atoms with Gasteiger partial charge in [-0.25, -0.2) is 9.97 Å². The molecule has 4 aromatic heterocycles. The molecule has 0 aliphatic rings. The largest absolute Gasteiger partial charge is 0.417 e. The van der Waals surface area contributed by atoms with Gasteiger partial charge in [-0.3, -0.25) is 4.98 Å². The molecule has 0 radical (unpaired) electrons. The lowest BCUT2D eigenvalue weighted by molar-refractivity contribution is -0.137. The van der Waals surface area contributed by atoms with E-state index in [1.165, 1.54) is 10.7 Å². The molecule has 4 aromatic rings. The summed E-state index contributed by atoms with van der Waals surface area (Å²) in [5.41, 5.74) is 2.60. The summed E-state index contributed by atoms with van der Waals surface area (Å²) in [7, 11) is 0. The van der Waals surface area contributed by atoms with Gasteiger partial charge >= 0.3 is 6.18 Å². The van der Waals surface area contributed by atoms with E-state index in [4.69, 9.17) is 0 Å². The second-order valence-corrected chi connectivity index (χ2v) is 5.75. The van der Waals surface area contributed by atoms with Crippen LogP contribution in [0.1, 0.15) is 11.1 Å². The van der Waals surface area contributed by atoms with E-state index in [0.29, 0.717) is 5.65 Å². The van der Waals surface area contributed by atoms with E-state index in [1.54, 1.807) is 24.8 Å². The first-order chi connectivity index (χ1) is 12.4. The predicted octanol–water partition coefficient (Wildman–Crippen LogP) is 4.20. The molecule has 26 heavy (non-hydrogen) atoms. The van der Waals surface area contributed by atoms with Crippen molar-refractivity contribution in [2.24, 2.45) is 0 Å². The minimum absolute atomic E-state index is 0.264. The second kappa shape index (κ2) is 5.91. The molecule has 0 aliphatic heterocycles. The van der Waals surface area contributed by atoms with Crippen LogP contribution in [-0.4, -0.2) is 24.7 Å². The van der Waals surface area contributed by atoms with Crippen LogP contribution in [0.2, 0.25) is 0 Å². The van der Waals surface area contributed by atoms with Gasteiger partial charge in [0, 0.05) is 35.7 Å². The zero-order valence-electron chi connectivity index (χ0n) is 13.6. The Kier molecular flexibility index (Phi) is 3.68. The minimum Gasteiger partial charge on any atom is -0.264 e. The van der Waals surface area contributed by atoms with Crippen LogP contribution in [-0.2, 0) is 6.18 Å². The average Bonchev–Trinajstić information content (AvgIpc) is 3.06. The van der Waals surface area contributed by atoms with Gasteiger partial charge < -0.3 is 0 Å². The van der Waals surface area contributed by atoms with Crippen LogP contribution in [0.25, 0.3) is 28.0 Å². The van der Waals surface area contributed by atoms with Gasteiger partial charge in [0.1, 0.15) is 0 Å². The van der Waals surface area contributed by atoms with E-state index in [9.17, 15) is 13.2 Å². The van der Waals surface area contributed by atoms with Crippen LogP contribution in [0, 0.1) is 6.92 Å². The quantitative estimate of drug-likeness (QED) is 0.541. The van der Waals surface area contributed by atoms with Gasteiger partial charge in [-0.2, -0.15) is 23.0 Å². The zero-order chi connectivity index (χ0) is 18.3. The molecule has 5 nitrogen and oxygen atoms in total. The van der Waals surface area contributed by atoms with E-state index in [0.717, 1.165) is 34.3 Å². The van der Waals surface area contributed by atoms with Gasteiger partial charge in [0.15, 0.2) is 11.5 Å². The molecule has 0 saturated heterocycles. The number of hydrogen-bond acceptors (Lipinski definition) is 4. The third kappa shape index (κ3) is 2.69. The number of hydrogen-bond donors (Lipinski definition) is 0. The number of aryl methyl sites for hydroxylation is 1. The summed E-state index contributed by atoms with van der Waals surface area (Å²) in [4.78, 5) is 12.4. The Bertz CT molecular complexity index is 1080. The second-order valence-electron chi connectivity index (χ2n) is 5.75. The molecule has 130 valence electrons. The lowest BCUT2D eigenvalue weighted by atomic mass is 10.0. The summed E-state index contributed by atoms with van der Waals surface area (Å²) in [5.74, 6) is 0.264. The molecule has 0 bridgehead atoms. The van der Waals surface area contributed by atoms with E-state index in [1.807, 2.05) is 19.1 Å². The molecule has 8 heteroatoms. The number of nitrogens with zero attached hydrogens (tertiary/aromatic N) is 5. The van der Waals surface area contributed by atoms with Crippen molar-refractivity contribution in [1.82, 2.24) is 24.7 Å². The highest BCUT2D eigenvalue weighted by Gasteiger charge is 2.30. The molecule has 0 aliphatic carbocycles. The van der Waals surface area contributed by atoms with Crippen molar-refractivity contribution in [1.29, 1.82) is 0 Å². The summed E-state index contributed by atoms with van der Waals surface area (Å²) in [5, 5.41) is 5.03. The van der Waals surface area contributed by atoms with Crippen molar-refractivity contribution in [3.05, 3.63) is 66.4 Å². The fourth-order valence-corrected chi connectivity index (χ4v) is 2.76. The molecular weight excluding hydrogens is 343 g/mol. The summed E-state index contributed by atoms with van der Waals surface area (Å²) in [6.07, 6.45) is 3.10. The van der Waals surface area contributed by atoms with Gasteiger partial charge in [-0.15, -0.1) is 0 Å². The zero-order valence-corrected chi connectivity index (χ0v) is 13.6. The third-order valence-corrected chi connectivity index (χ3v) is 4.09. The van der Waals surface area contributed by atoms with Crippen molar-refractivity contribution in [2.45, 2.75) is 13.1 Å². The van der Waals surface area contributed by atoms with Crippen molar-refractivity contribution < 1.29 is 13.2 Å². The smallest absolute Gasteiger partial charge is 0.264 e. The molecular formula is C18H12F3N5. The lowest BCUT2D eigenvalue weighted by Gasteiger charge is -2.08. The fraction of sp³-hybridized carbons (Fsp3) is 0.111. The van der Waals surface area contributed by atoms with E-state index in [-0.39, 0.29) is 5.82 Å². The van der Waals surface area contributed by atoms with Gasteiger partial charge in [-0.1, -0.05) is 0 Å². The maximum atomic E-state index is 12.7. The Morgan fingerprint density at radius 1 is 0.885 bits per heavy atom. The molecule has 0 N–H and O–H groups in total. The molecule has 0 saturated carbocycles. The fourth-order valence-electron chi connectivity index (χ4n) is 2.76. The van der Waals surface area contributed by atoms with Crippen molar-refractivity contribution in [2.75, 3.05) is 0 Å². The predicted molar refractivity (Wildman–Crippen MR) is 89.6 cm³/mol. The van der Waals surface area contributed by atoms with Crippen LogP contribution < -0.4 is 0 Å². The molecule has 0 aromatic carbocycles. The first-order valence-electron chi connectivity index (χ1n) is 7.72. The number of fused-ring (bicyclic) bond motifs is 1. The topological polar surface area (TPSA) is 56.5 Å². The SMILES string of the molecule is Cc1ccncc1-c1ccnc2c1cnn2-c1ccc(C(F)(F)F)cn1. The maximum Gasteiger partial charge on any atom is 0.417 e. The number of aromatic nitrogens is 5. The number of pyridine rings is 3. The van der Waals surface area contributed by atoms with Gasteiger partial charge in [-0.05, 0) is 42.3 Å². The molecule has 0 unspecified atom stereocenters. The number of alkyl halides is 3. The molecule has 0 spiro atoms. The highest BCUT2D eigenvalue weighted by atomic mass is 19.4. The summed E-state index contributed by atoms with van der Waals surface area (Å²) >= 11 is 0. The van der Waals surface area contributed by atoms with Crippen LogP contribution in [0.3, 0.4) is 0 Å². The standard InChI is InChI=1S/C18H12F3N5/c1-11-4-6-22-9-14(11)13-5-7-23-17-15(13)10-25-26(17)16-3-2-12(8-24-16)18(19,20)21/h2-10H,1H3. The maximum absolute atomic E-state index is 12.7. The minimum atomic E-state index is -4.43. The van der Waals surface area contributed by atoms with Crippen LogP contribution in [0.15, 0.2) is 55.2 Å². The summed E-state index contributed by atoms with van der Waals surface area (Å²) in [6, 6.07) is 6.02. The summed E-state index contributed by atoms with van der Waals surface area (Å²) < 4.78 is 39.6. The molecule has 4 rings (SSSR count). The molecule has 0 fully saturated rings. The van der Waals surface area contributed by atoms with Gasteiger partial charge in [0.05, 0.1) is 11.8 Å². The highest BCUT2D eigenvalue weighted by molar-refractivity contribution is 5.93. The summed E-state index contributed by atoms with van der Waals surface area (Å²) in [6.45, 7) is 1.98. The van der Waals surface area contributed by atoms with E-state index in [2.05, 4.69) is 20.1 Å². The third-order valence-electron chi connectivity index (χ3n) is 4.09. The average molecular weight is 355 g/mol. The Balaban J connectivity index is 1.84. The monoisotopic (exact) mass is 355 g/mol. The highest BCUT2D eigenvalue weighted by Crippen LogP contribution is 2.31. The van der Waals surface area contributed by atoms with Crippen molar-refractivity contribution in [3.63, 3.8) is 0 Å². The van der Waals surface area contributed by atoms with Crippen molar-refractivity contribution in [3.8, 4) is 16.9 Å². The first-order valence-corrected chi connectivity index (χ1v) is 7.72. The molecule has 0 atom stereocenters. The van der Waals surface area contributed by atoms with Crippen molar-refractivity contribution >= 4 is 11.0 Å². The molecule has 0 amide bonds. The lowest BCUT2D eigenvalue weighted by Crippen LogP contribution is -2.07. The van der Waals surface area contributed by atoms with Gasteiger partial charge in [0.2, 0.25) is 0 Å². The number of rotatable bonds is 2. The van der Waals surface area contributed by atoms with Crippen LogP contribution in [0.4, 0.5) is 13.2 Å². The number of halogens is 3. The normalized spacial score (nSPS) is 11.8. The van der Waals surface area contributed by atoms with E-state index < -0.39 is 11.7 Å². The molecule has 4 heterocycles. The Hall–Kier alpha value is -3.29. The van der Waals surface area contributed by atoms with Crippen LogP contribution in [0.5, 0.6) is 0 Å². The Morgan fingerprint density at radius 3 is 2.42 bits per heavy atom. The van der Waals surface area contributed by atoms with E-state index >= 15 is 0 Å². The first kappa shape index (κ1) is 16.2. The van der Waals surface area contributed by atoms with Gasteiger partial charge in [0.25, 0.3) is 0 Å². The Morgan fingerprint density at radius 2 is 1.73 bits per heavy atom. The van der Waals surface area contributed by atoms with Crippen LogP contribution >= 0.6 is 0 Å².